The molecule has 0 radical (unpaired) electrons. The van der Waals surface area contributed by atoms with Gasteiger partial charge in [-0.05, 0) is 49.4 Å². The number of carbonyl (C=O) groups excluding carboxylic acids is 2. The van der Waals surface area contributed by atoms with Crippen molar-refractivity contribution in [2.75, 3.05) is 23.9 Å². The Hall–Kier alpha value is -2.34. The zero-order chi connectivity index (χ0) is 16.8. The van der Waals surface area contributed by atoms with Gasteiger partial charge in [-0.2, -0.15) is 0 Å². The van der Waals surface area contributed by atoms with Crippen LogP contribution in [0.5, 0.6) is 0 Å². The third-order valence-electron chi connectivity index (χ3n) is 3.14. The summed E-state index contributed by atoms with van der Waals surface area (Å²) in [5, 5.41) is 2.81. The monoisotopic (exact) mass is 376 g/mol. The molecule has 120 valence electrons. The molecular formula is C17H17BrN2O3. The van der Waals surface area contributed by atoms with Gasteiger partial charge in [0.1, 0.15) is 0 Å². The van der Waals surface area contributed by atoms with E-state index in [1.165, 1.54) is 4.90 Å². The van der Waals surface area contributed by atoms with E-state index in [2.05, 4.69) is 21.2 Å². The lowest BCUT2D eigenvalue weighted by Crippen LogP contribution is -2.26. The minimum absolute atomic E-state index is 0.196. The summed E-state index contributed by atoms with van der Waals surface area (Å²) < 4.78 is 5.78. The minimum Gasteiger partial charge on any atom is -0.449 e. The van der Waals surface area contributed by atoms with E-state index in [1.54, 1.807) is 56.4 Å². The molecule has 0 heterocycles. The Morgan fingerprint density at radius 1 is 1.17 bits per heavy atom. The highest BCUT2D eigenvalue weighted by atomic mass is 79.9. The molecule has 0 fully saturated rings. The first kappa shape index (κ1) is 17.0. The summed E-state index contributed by atoms with van der Waals surface area (Å²) in [6.45, 7) is 2.08. The summed E-state index contributed by atoms with van der Waals surface area (Å²) in [5.41, 5.74) is 1.90. The molecule has 0 aliphatic carbocycles. The topological polar surface area (TPSA) is 58.6 Å². The molecule has 0 atom stereocenters. The third kappa shape index (κ3) is 4.56. The zero-order valence-electron chi connectivity index (χ0n) is 12.9. The number of rotatable bonds is 4. The molecular weight excluding hydrogens is 360 g/mol. The van der Waals surface area contributed by atoms with Gasteiger partial charge in [0.05, 0.1) is 6.61 Å². The maximum atomic E-state index is 12.2. The first-order chi connectivity index (χ1) is 11.0. The Bertz CT molecular complexity index is 701. The van der Waals surface area contributed by atoms with Crippen molar-refractivity contribution in [3.8, 4) is 0 Å². The van der Waals surface area contributed by atoms with E-state index < -0.39 is 6.09 Å². The van der Waals surface area contributed by atoms with Gasteiger partial charge in [0, 0.05) is 28.5 Å². The summed E-state index contributed by atoms with van der Waals surface area (Å²) in [6.07, 6.45) is -0.418. The molecule has 2 aromatic carbocycles. The first-order valence-corrected chi connectivity index (χ1v) is 7.88. The number of nitrogens with one attached hydrogen (secondary N) is 1. The predicted molar refractivity (Wildman–Crippen MR) is 94.0 cm³/mol. The van der Waals surface area contributed by atoms with Crippen molar-refractivity contribution in [1.29, 1.82) is 0 Å². The SMILES string of the molecule is CCOC(=O)N(C)c1ccc(NC(=O)c2cccc(Br)c2)cc1. The molecule has 5 nitrogen and oxygen atoms in total. The molecule has 2 aromatic rings. The van der Waals surface area contributed by atoms with Crippen LogP contribution in [0.1, 0.15) is 17.3 Å². The van der Waals surface area contributed by atoms with E-state index >= 15 is 0 Å². The number of ether oxygens (including phenoxy) is 1. The number of hydrogen-bond acceptors (Lipinski definition) is 3. The van der Waals surface area contributed by atoms with Crippen LogP contribution in [0.2, 0.25) is 0 Å². The van der Waals surface area contributed by atoms with Crippen LogP contribution in [0.25, 0.3) is 0 Å². The van der Waals surface area contributed by atoms with Gasteiger partial charge in [-0.25, -0.2) is 4.79 Å². The van der Waals surface area contributed by atoms with Gasteiger partial charge in [0.15, 0.2) is 0 Å². The van der Waals surface area contributed by atoms with E-state index in [0.717, 1.165) is 4.47 Å². The lowest BCUT2D eigenvalue weighted by atomic mass is 10.2. The van der Waals surface area contributed by atoms with Crippen molar-refractivity contribution >= 4 is 39.3 Å². The molecule has 0 aliphatic rings. The van der Waals surface area contributed by atoms with E-state index in [9.17, 15) is 9.59 Å². The Balaban J connectivity index is 2.05. The summed E-state index contributed by atoms with van der Waals surface area (Å²) in [4.78, 5) is 25.2. The average molecular weight is 377 g/mol. The number of nitrogens with zero attached hydrogens (tertiary/aromatic N) is 1. The number of benzene rings is 2. The number of anilines is 2. The van der Waals surface area contributed by atoms with Crippen molar-refractivity contribution in [1.82, 2.24) is 0 Å². The lowest BCUT2D eigenvalue weighted by molar-refractivity contribution is 0.102. The van der Waals surface area contributed by atoms with Crippen LogP contribution in [0.15, 0.2) is 53.0 Å². The molecule has 0 aromatic heterocycles. The maximum Gasteiger partial charge on any atom is 0.413 e. The fourth-order valence-electron chi connectivity index (χ4n) is 1.93. The molecule has 1 N–H and O–H groups in total. The maximum absolute atomic E-state index is 12.2. The molecule has 0 aliphatic heterocycles. The van der Waals surface area contributed by atoms with Gasteiger partial charge in [0.2, 0.25) is 0 Å². The molecule has 2 amide bonds. The number of halogens is 1. The summed E-state index contributed by atoms with van der Waals surface area (Å²) in [7, 11) is 1.63. The second kappa shape index (κ2) is 7.78. The van der Waals surface area contributed by atoms with Crippen LogP contribution in [-0.2, 0) is 4.74 Å². The van der Waals surface area contributed by atoms with Crippen molar-refractivity contribution in [3.63, 3.8) is 0 Å². The molecule has 0 bridgehead atoms. The Labute approximate surface area is 143 Å². The van der Waals surface area contributed by atoms with Gasteiger partial charge in [-0.15, -0.1) is 0 Å². The van der Waals surface area contributed by atoms with Crippen molar-refractivity contribution < 1.29 is 14.3 Å². The van der Waals surface area contributed by atoms with E-state index in [0.29, 0.717) is 23.5 Å². The molecule has 23 heavy (non-hydrogen) atoms. The predicted octanol–water partition coefficient (Wildman–Crippen LogP) is 4.29. The fraction of sp³-hybridized carbons (Fsp3) is 0.176. The highest BCUT2D eigenvalue weighted by Crippen LogP contribution is 2.19. The summed E-state index contributed by atoms with van der Waals surface area (Å²) in [6, 6.07) is 14.1. The van der Waals surface area contributed by atoms with Gasteiger partial charge in [-0.1, -0.05) is 22.0 Å². The molecule has 0 saturated carbocycles. The van der Waals surface area contributed by atoms with E-state index in [4.69, 9.17) is 4.74 Å². The highest BCUT2D eigenvalue weighted by Gasteiger charge is 2.12. The summed E-state index contributed by atoms with van der Waals surface area (Å²) in [5.74, 6) is -0.196. The van der Waals surface area contributed by atoms with Crippen molar-refractivity contribution in [2.24, 2.45) is 0 Å². The van der Waals surface area contributed by atoms with Gasteiger partial charge in [-0.3, -0.25) is 9.69 Å². The number of carbonyl (C=O) groups is 2. The third-order valence-corrected chi connectivity index (χ3v) is 3.63. The van der Waals surface area contributed by atoms with Crippen LogP contribution < -0.4 is 10.2 Å². The fourth-order valence-corrected chi connectivity index (χ4v) is 2.33. The Morgan fingerprint density at radius 3 is 2.48 bits per heavy atom. The van der Waals surface area contributed by atoms with Crippen LogP contribution in [0.3, 0.4) is 0 Å². The minimum atomic E-state index is -0.418. The van der Waals surface area contributed by atoms with Crippen LogP contribution in [-0.4, -0.2) is 25.7 Å². The normalized spacial score (nSPS) is 10.0. The van der Waals surface area contributed by atoms with Crippen LogP contribution in [0.4, 0.5) is 16.2 Å². The van der Waals surface area contributed by atoms with E-state index in [1.807, 2.05) is 6.07 Å². The Kier molecular flexibility index (Phi) is 5.76. The smallest absolute Gasteiger partial charge is 0.413 e. The number of amides is 2. The van der Waals surface area contributed by atoms with Gasteiger partial charge in [0.25, 0.3) is 5.91 Å². The molecule has 0 spiro atoms. The van der Waals surface area contributed by atoms with Gasteiger partial charge < -0.3 is 10.1 Å². The first-order valence-electron chi connectivity index (χ1n) is 7.08. The quantitative estimate of drug-likeness (QED) is 0.865. The standard InChI is InChI=1S/C17H17BrN2O3/c1-3-23-17(22)20(2)15-9-7-14(8-10-15)19-16(21)12-5-4-6-13(18)11-12/h4-11H,3H2,1-2H3,(H,19,21). The van der Waals surface area contributed by atoms with Crippen LogP contribution in [0, 0.1) is 0 Å². The Morgan fingerprint density at radius 2 is 1.87 bits per heavy atom. The second-order valence-corrected chi connectivity index (χ2v) is 5.68. The molecule has 2 rings (SSSR count). The highest BCUT2D eigenvalue weighted by molar-refractivity contribution is 9.10. The van der Waals surface area contributed by atoms with Gasteiger partial charge >= 0.3 is 6.09 Å². The van der Waals surface area contributed by atoms with Crippen molar-refractivity contribution in [3.05, 3.63) is 58.6 Å². The molecule has 0 unspecified atom stereocenters. The van der Waals surface area contributed by atoms with E-state index in [-0.39, 0.29) is 5.91 Å². The van der Waals surface area contributed by atoms with Crippen molar-refractivity contribution in [2.45, 2.75) is 6.92 Å². The molecule has 6 heteroatoms. The average Bonchev–Trinajstić information content (AvgIpc) is 2.55. The molecule has 0 saturated heterocycles. The number of hydrogen-bond donors (Lipinski definition) is 1. The second-order valence-electron chi connectivity index (χ2n) is 4.77. The van der Waals surface area contributed by atoms with Crippen LogP contribution >= 0.6 is 15.9 Å². The largest absolute Gasteiger partial charge is 0.449 e. The summed E-state index contributed by atoms with van der Waals surface area (Å²) >= 11 is 3.34. The zero-order valence-corrected chi connectivity index (χ0v) is 14.5. The lowest BCUT2D eigenvalue weighted by Gasteiger charge is -2.17.